The van der Waals surface area contributed by atoms with E-state index in [0.717, 1.165) is 13.1 Å². The highest BCUT2D eigenvalue weighted by atomic mass is 16.5. The number of ether oxygens (including phenoxy) is 1. The van der Waals surface area contributed by atoms with Gasteiger partial charge < -0.3 is 15.4 Å². The first kappa shape index (κ1) is 22.6. The maximum absolute atomic E-state index is 13.0. The molecule has 2 N–H and O–H groups in total. The van der Waals surface area contributed by atoms with Crippen molar-refractivity contribution in [3.8, 4) is 0 Å². The summed E-state index contributed by atoms with van der Waals surface area (Å²) in [4.78, 5) is 40.0. The number of fused-ring (bicyclic) bond motifs is 1. The average molecular weight is 450 g/mol. The summed E-state index contributed by atoms with van der Waals surface area (Å²) in [5, 5.41) is 11.0. The van der Waals surface area contributed by atoms with Crippen molar-refractivity contribution in [2.45, 2.75) is 19.9 Å². The van der Waals surface area contributed by atoms with Crippen LogP contribution in [0.3, 0.4) is 0 Å². The van der Waals surface area contributed by atoms with Crippen LogP contribution < -0.4 is 16.2 Å². The number of hydrogen-bond donors (Lipinski definition) is 2. The Morgan fingerprint density at radius 3 is 2.21 bits per heavy atom. The summed E-state index contributed by atoms with van der Waals surface area (Å²) in [5.41, 5.74) is 1.15. The second kappa shape index (κ2) is 9.93. The van der Waals surface area contributed by atoms with Crippen LogP contribution in [0.2, 0.25) is 0 Å². The minimum absolute atomic E-state index is 0.0969. The fraction of sp³-hybridized carbons (Fsp3) is 0.333. The smallest absolute Gasteiger partial charge is 0.276 e. The van der Waals surface area contributed by atoms with Gasteiger partial charge >= 0.3 is 0 Å². The molecule has 2 aromatic carbocycles. The number of nitrogens with zero attached hydrogens (tertiary/aromatic N) is 3. The number of carbonyl (C=O) groups excluding carboxylic acids is 2. The first-order valence-electron chi connectivity index (χ1n) is 11.0. The van der Waals surface area contributed by atoms with E-state index in [2.05, 4.69) is 15.7 Å². The number of amides is 2. The van der Waals surface area contributed by atoms with E-state index in [-0.39, 0.29) is 23.2 Å². The van der Waals surface area contributed by atoms with Gasteiger partial charge in [-0.05, 0) is 44.2 Å². The molecule has 9 heteroatoms. The minimum atomic E-state index is -0.412. The van der Waals surface area contributed by atoms with Crippen molar-refractivity contribution < 1.29 is 14.3 Å². The summed E-state index contributed by atoms with van der Waals surface area (Å²) >= 11 is 0. The Kier molecular flexibility index (Phi) is 6.81. The van der Waals surface area contributed by atoms with Gasteiger partial charge in [-0.25, -0.2) is 4.68 Å². The minimum Gasteiger partial charge on any atom is -0.379 e. The molecule has 2 heterocycles. The van der Waals surface area contributed by atoms with E-state index in [1.165, 1.54) is 4.68 Å². The summed E-state index contributed by atoms with van der Waals surface area (Å²) in [6, 6.07) is 13.7. The Balaban J connectivity index is 1.47. The van der Waals surface area contributed by atoms with Gasteiger partial charge in [0.25, 0.3) is 11.5 Å². The van der Waals surface area contributed by atoms with Crippen molar-refractivity contribution in [1.82, 2.24) is 14.7 Å². The van der Waals surface area contributed by atoms with Crippen molar-refractivity contribution in [1.29, 1.82) is 0 Å². The molecule has 1 fully saturated rings. The van der Waals surface area contributed by atoms with E-state index in [1.807, 2.05) is 18.7 Å². The monoisotopic (exact) mass is 449 g/mol. The van der Waals surface area contributed by atoms with Crippen molar-refractivity contribution >= 4 is 34.0 Å². The van der Waals surface area contributed by atoms with Gasteiger partial charge in [-0.3, -0.25) is 19.3 Å². The number of benzene rings is 2. The second-order valence-electron chi connectivity index (χ2n) is 8.21. The molecule has 172 valence electrons. The van der Waals surface area contributed by atoms with E-state index >= 15 is 0 Å². The normalized spacial score (nSPS) is 14.4. The van der Waals surface area contributed by atoms with Gasteiger partial charge in [-0.2, -0.15) is 5.10 Å². The largest absolute Gasteiger partial charge is 0.379 e. The molecule has 33 heavy (non-hydrogen) atoms. The van der Waals surface area contributed by atoms with Crippen LogP contribution >= 0.6 is 0 Å². The molecule has 0 atom stereocenters. The van der Waals surface area contributed by atoms with Crippen LogP contribution in [0.15, 0.2) is 53.3 Å². The average Bonchev–Trinajstić information content (AvgIpc) is 2.81. The van der Waals surface area contributed by atoms with Gasteiger partial charge in [0.05, 0.1) is 31.2 Å². The molecule has 0 spiro atoms. The number of aromatic nitrogens is 2. The highest BCUT2D eigenvalue weighted by Gasteiger charge is 2.18. The number of anilines is 2. The van der Waals surface area contributed by atoms with Crippen LogP contribution in [0.1, 0.15) is 30.4 Å². The van der Waals surface area contributed by atoms with Crippen LogP contribution in [0.4, 0.5) is 11.4 Å². The lowest BCUT2D eigenvalue weighted by molar-refractivity contribution is -0.118. The van der Waals surface area contributed by atoms with E-state index in [0.29, 0.717) is 41.9 Å². The Bertz CT molecular complexity index is 1210. The maximum Gasteiger partial charge on any atom is 0.276 e. The summed E-state index contributed by atoms with van der Waals surface area (Å²) in [5.74, 6) is -0.509. The highest BCUT2D eigenvalue weighted by molar-refractivity contribution is 6.11. The summed E-state index contributed by atoms with van der Waals surface area (Å²) in [6.07, 6.45) is 0. The first-order valence-corrected chi connectivity index (χ1v) is 11.0. The molecule has 4 rings (SSSR count). The molecule has 1 saturated heterocycles. The number of rotatable bonds is 6. The highest BCUT2D eigenvalue weighted by Crippen LogP contribution is 2.18. The Morgan fingerprint density at radius 1 is 0.970 bits per heavy atom. The maximum atomic E-state index is 13.0. The third-order valence-electron chi connectivity index (χ3n) is 5.43. The Labute approximate surface area is 191 Å². The number of morpholine rings is 1. The van der Waals surface area contributed by atoms with Gasteiger partial charge in [0.1, 0.15) is 0 Å². The molecule has 0 radical (unpaired) electrons. The quantitative estimate of drug-likeness (QED) is 0.599. The van der Waals surface area contributed by atoms with E-state index in [4.69, 9.17) is 4.74 Å². The van der Waals surface area contributed by atoms with Crippen LogP contribution in [0.25, 0.3) is 10.8 Å². The van der Waals surface area contributed by atoms with Crippen molar-refractivity contribution in [3.05, 3.63) is 64.6 Å². The molecular formula is C24H27N5O4. The molecule has 0 saturated carbocycles. The fourth-order valence-electron chi connectivity index (χ4n) is 3.71. The van der Waals surface area contributed by atoms with Gasteiger partial charge in [0, 0.05) is 29.9 Å². The second-order valence-corrected chi connectivity index (χ2v) is 8.21. The number of hydrogen-bond acceptors (Lipinski definition) is 6. The molecule has 1 aromatic heterocycles. The van der Waals surface area contributed by atoms with Crippen LogP contribution in [-0.4, -0.2) is 59.3 Å². The molecule has 0 unspecified atom stereocenters. The van der Waals surface area contributed by atoms with Crippen molar-refractivity contribution in [3.63, 3.8) is 0 Å². The Morgan fingerprint density at radius 2 is 1.58 bits per heavy atom. The molecule has 0 bridgehead atoms. The Hall–Kier alpha value is -3.56. The topological polar surface area (TPSA) is 106 Å². The summed E-state index contributed by atoms with van der Waals surface area (Å²) < 4.78 is 6.62. The first-order chi connectivity index (χ1) is 15.9. The lowest BCUT2D eigenvalue weighted by atomic mass is 10.1. The predicted molar refractivity (Wildman–Crippen MR) is 127 cm³/mol. The molecule has 0 aliphatic carbocycles. The van der Waals surface area contributed by atoms with E-state index < -0.39 is 5.91 Å². The summed E-state index contributed by atoms with van der Waals surface area (Å²) in [7, 11) is 0. The van der Waals surface area contributed by atoms with Gasteiger partial charge in [0.15, 0.2) is 5.69 Å². The molecule has 9 nitrogen and oxygen atoms in total. The zero-order valence-electron chi connectivity index (χ0n) is 18.7. The SMILES string of the molecule is CC(C)n1nc(C(=O)Nc2ccc(NC(=O)CN3CCOCC3)cc2)c2ccccc2c1=O. The third kappa shape index (κ3) is 5.27. The standard InChI is InChI=1S/C24H27N5O4/c1-16(2)29-24(32)20-6-4-3-5-19(20)22(27-29)23(31)26-18-9-7-17(8-10-18)25-21(30)15-28-11-13-33-14-12-28/h3-10,16H,11-15H2,1-2H3,(H,25,30)(H,26,31). The molecule has 2 amide bonds. The molecule has 1 aliphatic rings. The van der Waals surface area contributed by atoms with Crippen LogP contribution in [0.5, 0.6) is 0 Å². The zero-order valence-corrected chi connectivity index (χ0v) is 18.7. The molecule has 3 aromatic rings. The molecule has 1 aliphatic heterocycles. The third-order valence-corrected chi connectivity index (χ3v) is 5.43. The number of nitrogens with one attached hydrogen (secondary N) is 2. The van der Waals surface area contributed by atoms with E-state index in [1.54, 1.807) is 48.5 Å². The summed E-state index contributed by atoms with van der Waals surface area (Å²) in [6.45, 7) is 6.76. The van der Waals surface area contributed by atoms with Gasteiger partial charge in [0.2, 0.25) is 5.91 Å². The molecular weight excluding hydrogens is 422 g/mol. The van der Waals surface area contributed by atoms with E-state index in [9.17, 15) is 14.4 Å². The predicted octanol–water partition coefficient (Wildman–Crippen LogP) is 2.50. The zero-order chi connectivity index (χ0) is 23.4. The number of carbonyl (C=O) groups is 2. The van der Waals surface area contributed by atoms with Crippen LogP contribution in [0, 0.1) is 0 Å². The lowest BCUT2D eigenvalue weighted by Gasteiger charge is -2.25. The fourth-order valence-corrected chi connectivity index (χ4v) is 3.71. The van der Waals surface area contributed by atoms with Crippen molar-refractivity contribution in [2.75, 3.05) is 43.5 Å². The van der Waals surface area contributed by atoms with Crippen molar-refractivity contribution in [2.24, 2.45) is 0 Å². The van der Waals surface area contributed by atoms with Gasteiger partial charge in [-0.1, -0.05) is 18.2 Å². The lowest BCUT2D eigenvalue weighted by Crippen LogP contribution is -2.41. The van der Waals surface area contributed by atoms with Crippen LogP contribution in [-0.2, 0) is 9.53 Å². The van der Waals surface area contributed by atoms with Gasteiger partial charge in [-0.15, -0.1) is 0 Å².